The van der Waals surface area contributed by atoms with E-state index < -0.39 is 47.7 Å². The van der Waals surface area contributed by atoms with Gasteiger partial charge in [0, 0.05) is 33.1 Å². The fourth-order valence-corrected chi connectivity index (χ4v) is 7.34. The molecule has 0 saturated carbocycles. The summed E-state index contributed by atoms with van der Waals surface area (Å²) in [5.41, 5.74) is -0.465. The molecule has 246 valence electrons. The van der Waals surface area contributed by atoms with Crippen molar-refractivity contribution in [3.63, 3.8) is 0 Å². The number of esters is 1. The lowest BCUT2D eigenvalue weighted by Gasteiger charge is -2.36. The van der Waals surface area contributed by atoms with Gasteiger partial charge in [-0.1, -0.05) is 62.2 Å². The number of nitrogens with zero attached hydrogens (tertiary/aromatic N) is 3. The van der Waals surface area contributed by atoms with Crippen molar-refractivity contribution in [3.05, 3.63) is 61.2 Å². The molecule has 1 aromatic carbocycles. The maximum Gasteiger partial charge on any atom is 0.313 e. The van der Waals surface area contributed by atoms with E-state index in [0.717, 1.165) is 24.8 Å². The summed E-state index contributed by atoms with van der Waals surface area (Å²) in [6, 6.07) is 7.79. The second-order valence-corrected chi connectivity index (χ2v) is 12.4. The molecule has 3 aliphatic heterocycles. The number of unbranched alkanes of at least 4 members (excludes halogenated alkanes) is 2. The number of aliphatic hydroxyl groups excluding tert-OH is 1. The van der Waals surface area contributed by atoms with Crippen LogP contribution in [0.15, 0.2) is 55.6 Å². The molecule has 3 fully saturated rings. The molecular formula is C35H49N3O7. The Bertz CT molecular complexity index is 1240. The summed E-state index contributed by atoms with van der Waals surface area (Å²) in [4.78, 5) is 60.1. The molecule has 3 amide bonds. The summed E-state index contributed by atoms with van der Waals surface area (Å²) in [6.07, 6.45) is 6.53. The molecule has 7 atom stereocenters. The van der Waals surface area contributed by atoms with E-state index in [1.165, 1.54) is 4.90 Å². The topological polar surface area (TPSA) is 117 Å². The fraction of sp³-hybridized carbons (Fsp3) is 0.600. The molecule has 4 rings (SSSR count). The van der Waals surface area contributed by atoms with Crippen molar-refractivity contribution in [1.29, 1.82) is 0 Å². The predicted molar refractivity (Wildman–Crippen MR) is 170 cm³/mol. The molecule has 1 spiro atoms. The van der Waals surface area contributed by atoms with Crippen LogP contribution in [0.2, 0.25) is 0 Å². The molecule has 3 saturated heterocycles. The third kappa shape index (κ3) is 6.72. The smallest absolute Gasteiger partial charge is 0.313 e. The highest BCUT2D eigenvalue weighted by molar-refractivity contribution is 5.98. The summed E-state index contributed by atoms with van der Waals surface area (Å²) in [5, 5.41) is 9.92. The number of likely N-dealkylation sites (N-methyl/N-ethyl adjacent to an activating group) is 1. The molecule has 1 aromatic rings. The highest BCUT2D eigenvalue weighted by Gasteiger charge is 2.75. The Morgan fingerprint density at radius 1 is 1.20 bits per heavy atom. The van der Waals surface area contributed by atoms with Gasteiger partial charge in [-0.25, -0.2) is 0 Å². The molecule has 0 unspecified atom stereocenters. The number of hydrogen-bond donors (Lipinski definition) is 1. The summed E-state index contributed by atoms with van der Waals surface area (Å²) in [7, 11) is 1.69. The van der Waals surface area contributed by atoms with Crippen LogP contribution in [-0.4, -0.2) is 101 Å². The van der Waals surface area contributed by atoms with E-state index in [0.29, 0.717) is 32.4 Å². The zero-order valence-corrected chi connectivity index (χ0v) is 26.9. The number of fused-ring (bicyclic) bond motifs is 1. The summed E-state index contributed by atoms with van der Waals surface area (Å²) >= 11 is 0. The summed E-state index contributed by atoms with van der Waals surface area (Å²) < 4.78 is 12.8. The molecule has 3 aliphatic rings. The van der Waals surface area contributed by atoms with Crippen molar-refractivity contribution in [2.24, 2.45) is 11.8 Å². The number of amides is 3. The number of aliphatic hydroxyl groups is 1. The lowest BCUT2D eigenvalue weighted by molar-refractivity contribution is -0.164. The van der Waals surface area contributed by atoms with Crippen molar-refractivity contribution < 1.29 is 33.8 Å². The minimum absolute atomic E-state index is 0.0402. The number of ether oxygens (including phenoxy) is 2. The standard InChI is InChI=1S/C35H49N3O7/c1-6-9-14-21-37(20-8-3)33(42)31-35-19-18-26(45-35)28(29(35)32(41)38(31)22-23-39)34(43)44-30(25-15-12-11-13-16-25)24(4)36(5)27(40)17-10-7-2/h7-8,11-13,15-16,24,26,28-31,39H,2-3,6,9-10,14,17-23H2,1,4-5H3/t24-,26-,28+,29+,30+,31-,35+/m1/s1. The molecule has 10 heteroatoms. The first kappa shape index (κ1) is 34.4. The second kappa shape index (κ2) is 15.2. The Morgan fingerprint density at radius 2 is 1.93 bits per heavy atom. The quantitative estimate of drug-likeness (QED) is 0.160. The third-order valence-corrected chi connectivity index (χ3v) is 9.72. The zero-order chi connectivity index (χ0) is 32.7. The average Bonchev–Trinajstić information content (AvgIpc) is 3.69. The van der Waals surface area contributed by atoms with Crippen molar-refractivity contribution in [1.82, 2.24) is 14.7 Å². The van der Waals surface area contributed by atoms with Gasteiger partial charge in [-0.2, -0.15) is 0 Å². The maximum atomic E-state index is 14.2. The zero-order valence-electron chi connectivity index (χ0n) is 26.9. The Labute approximate surface area is 267 Å². The minimum atomic E-state index is -1.19. The van der Waals surface area contributed by atoms with Crippen molar-refractivity contribution in [2.75, 3.05) is 33.3 Å². The van der Waals surface area contributed by atoms with Gasteiger partial charge in [0.1, 0.15) is 17.7 Å². The molecule has 0 aliphatic carbocycles. The van der Waals surface area contributed by atoms with Gasteiger partial charge < -0.3 is 29.3 Å². The van der Waals surface area contributed by atoms with E-state index in [-0.39, 0.29) is 37.3 Å². The molecule has 3 heterocycles. The Hall–Kier alpha value is -3.50. The van der Waals surface area contributed by atoms with Gasteiger partial charge in [-0.15, -0.1) is 13.2 Å². The molecule has 10 nitrogen and oxygen atoms in total. The minimum Gasteiger partial charge on any atom is -0.455 e. The van der Waals surface area contributed by atoms with Gasteiger partial charge in [-0.05, 0) is 38.2 Å². The summed E-state index contributed by atoms with van der Waals surface area (Å²) in [6.45, 7) is 11.9. The number of hydrogen-bond acceptors (Lipinski definition) is 7. The van der Waals surface area contributed by atoms with Crippen LogP contribution in [0.25, 0.3) is 0 Å². The van der Waals surface area contributed by atoms with E-state index >= 15 is 0 Å². The highest BCUT2D eigenvalue weighted by Crippen LogP contribution is 2.59. The molecule has 45 heavy (non-hydrogen) atoms. The van der Waals surface area contributed by atoms with Gasteiger partial charge in [0.05, 0.1) is 30.6 Å². The fourth-order valence-electron chi connectivity index (χ4n) is 7.34. The lowest BCUT2D eigenvalue weighted by Crippen LogP contribution is -2.56. The summed E-state index contributed by atoms with van der Waals surface area (Å²) in [5.74, 6) is -3.14. The number of β-amino-alcohol motifs (C(OH)–C–C–N with tert-alkyl or cyclic N) is 1. The number of likely N-dealkylation sites (tertiary alicyclic amines) is 1. The number of carbonyl (C=O) groups is 4. The van der Waals surface area contributed by atoms with Crippen LogP contribution in [0.3, 0.4) is 0 Å². The number of benzene rings is 1. The van der Waals surface area contributed by atoms with Crippen LogP contribution in [0, 0.1) is 11.8 Å². The molecule has 0 radical (unpaired) electrons. The van der Waals surface area contributed by atoms with Crippen LogP contribution >= 0.6 is 0 Å². The van der Waals surface area contributed by atoms with Gasteiger partial charge in [0.15, 0.2) is 0 Å². The van der Waals surface area contributed by atoms with Crippen LogP contribution in [0.1, 0.15) is 70.5 Å². The van der Waals surface area contributed by atoms with Gasteiger partial charge in [-0.3, -0.25) is 19.2 Å². The monoisotopic (exact) mass is 623 g/mol. The van der Waals surface area contributed by atoms with E-state index in [2.05, 4.69) is 20.1 Å². The van der Waals surface area contributed by atoms with Crippen molar-refractivity contribution >= 4 is 23.7 Å². The third-order valence-electron chi connectivity index (χ3n) is 9.72. The number of carbonyl (C=O) groups excluding carboxylic acids is 4. The van der Waals surface area contributed by atoms with Crippen LogP contribution in [0.4, 0.5) is 0 Å². The highest BCUT2D eigenvalue weighted by atomic mass is 16.6. The van der Waals surface area contributed by atoms with Crippen LogP contribution in [-0.2, 0) is 28.7 Å². The van der Waals surface area contributed by atoms with Gasteiger partial charge in [0.2, 0.25) is 17.7 Å². The van der Waals surface area contributed by atoms with Crippen molar-refractivity contribution in [2.45, 2.75) is 88.7 Å². The molecular weight excluding hydrogens is 574 g/mol. The first-order chi connectivity index (χ1) is 21.7. The van der Waals surface area contributed by atoms with Gasteiger partial charge in [0.25, 0.3) is 0 Å². The van der Waals surface area contributed by atoms with Crippen molar-refractivity contribution in [3.8, 4) is 0 Å². The number of rotatable bonds is 17. The Morgan fingerprint density at radius 3 is 2.58 bits per heavy atom. The van der Waals surface area contributed by atoms with E-state index in [1.54, 1.807) is 29.0 Å². The van der Waals surface area contributed by atoms with E-state index in [9.17, 15) is 24.3 Å². The Kier molecular flexibility index (Phi) is 11.6. The molecule has 1 N–H and O–H groups in total. The molecule has 2 bridgehead atoms. The van der Waals surface area contributed by atoms with Crippen LogP contribution in [0.5, 0.6) is 0 Å². The van der Waals surface area contributed by atoms with Gasteiger partial charge >= 0.3 is 5.97 Å². The normalized spacial score (nSPS) is 26.2. The van der Waals surface area contributed by atoms with E-state index in [4.69, 9.17) is 9.47 Å². The SMILES string of the molecule is C=CCCC(=O)N(C)[C@H](C)[C@H](OC(=O)[C@@H]1[C@H]2C(=O)N(CCO)[C@H](C(=O)N(CC=C)CCCCC)[C@]23CC[C@H]1O3)c1ccccc1. The molecule has 0 aromatic heterocycles. The van der Waals surface area contributed by atoms with Crippen LogP contribution < -0.4 is 0 Å². The second-order valence-electron chi connectivity index (χ2n) is 12.4. The Balaban J connectivity index is 1.64. The first-order valence-corrected chi connectivity index (χ1v) is 16.3. The average molecular weight is 624 g/mol. The lowest BCUT2D eigenvalue weighted by atomic mass is 9.70. The number of allylic oxidation sites excluding steroid dienone is 1. The van der Waals surface area contributed by atoms with E-state index in [1.807, 2.05) is 37.3 Å². The first-order valence-electron chi connectivity index (χ1n) is 16.3. The largest absolute Gasteiger partial charge is 0.455 e. The maximum absolute atomic E-state index is 14.2. The predicted octanol–water partition coefficient (Wildman–Crippen LogP) is 3.66.